The van der Waals surface area contributed by atoms with E-state index in [1.165, 1.54) is 0 Å². The van der Waals surface area contributed by atoms with Gasteiger partial charge in [0.2, 0.25) is 5.89 Å². The highest BCUT2D eigenvalue weighted by Crippen LogP contribution is 2.26. The molecule has 2 aromatic heterocycles. The van der Waals surface area contributed by atoms with Gasteiger partial charge in [0.15, 0.2) is 5.58 Å². The third-order valence-electron chi connectivity index (χ3n) is 3.05. The summed E-state index contributed by atoms with van der Waals surface area (Å²) in [7, 11) is 0. The van der Waals surface area contributed by atoms with Gasteiger partial charge in [-0.1, -0.05) is 19.9 Å². The lowest BCUT2D eigenvalue weighted by Gasteiger charge is -2.05. The SMILES string of the molecule is CC(C)CC(=O)Oc1ccc2nc(-c3ccccn3)oc2c1. The normalized spacial score (nSPS) is 11.0. The van der Waals surface area contributed by atoms with Gasteiger partial charge in [0.1, 0.15) is 17.0 Å². The van der Waals surface area contributed by atoms with Crippen molar-refractivity contribution in [2.45, 2.75) is 20.3 Å². The van der Waals surface area contributed by atoms with Gasteiger partial charge < -0.3 is 9.15 Å². The van der Waals surface area contributed by atoms with Gasteiger partial charge in [-0.15, -0.1) is 0 Å². The number of hydrogen-bond acceptors (Lipinski definition) is 5. The zero-order valence-corrected chi connectivity index (χ0v) is 12.4. The minimum atomic E-state index is -0.251. The highest BCUT2D eigenvalue weighted by Gasteiger charge is 2.12. The molecule has 0 aliphatic carbocycles. The van der Waals surface area contributed by atoms with E-state index >= 15 is 0 Å². The lowest BCUT2D eigenvalue weighted by molar-refractivity contribution is -0.135. The zero-order valence-electron chi connectivity index (χ0n) is 12.4. The monoisotopic (exact) mass is 296 g/mol. The van der Waals surface area contributed by atoms with Gasteiger partial charge in [-0.3, -0.25) is 9.78 Å². The molecule has 1 aromatic carbocycles. The van der Waals surface area contributed by atoms with Crippen LogP contribution >= 0.6 is 0 Å². The van der Waals surface area contributed by atoms with Crippen LogP contribution in [0.2, 0.25) is 0 Å². The second-order valence-corrected chi connectivity index (χ2v) is 5.44. The number of aromatic nitrogens is 2. The molecule has 0 spiro atoms. The van der Waals surface area contributed by atoms with E-state index in [0.717, 1.165) is 0 Å². The lowest BCUT2D eigenvalue weighted by atomic mass is 10.1. The molecule has 0 saturated carbocycles. The van der Waals surface area contributed by atoms with Crippen LogP contribution < -0.4 is 4.74 Å². The van der Waals surface area contributed by atoms with E-state index in [0.29, 0.717) is 34.9 Å². The first-order valence-corrected chi connectivity index (χ1v) is 7.14. The molecule has 5 heteroatoms. The maximum atomic E-state index is 11.7. The van der Waals surface area contributed by atoms with E-state index in [9.17, 15) is 4.79 Å². The van der Waals surface area contributed by atoms with Crippen LogP contribution in [0.25, 0.3) is 22.7 Å². The first-order chi connectivity index (χ1) is 10.6. The Hall–Kier alpha value is -2.69. The highest BCUT2D eigenvalue weighted by molar-refractivity contribution is 5.79. The first kappa shape index (κ1) is 14.3. The summed E-state index contributed by atoms with van der Waals surface area (Å²) in [4.78, 5) is 20.3. The number of oxazole rings is 1. The fourth-order valence-electron chi connectivity index (χ4n) is 2.07. The second kappa shape index (κ2) is 5.97. The van der Waals surface area contributed by atoms with Crippen molar-refractivity contribution in [3.63, 3.8) is 0 Å². The molecule has 0 N–H and O–H groups in total. The zero-order chi connectivity index (χ0) is 15.5. The number of carbonyl (C=O) groups excluding carboxylic acids is 1. The van der Waals surface area contributed by atoms with Crippen LogP contribution in [0.1, 0.15) is 20.3 Å². The molecule has 3 aromatic rings. The molecule has 112 valence electrons. The molecule has 3 rings (SSSR count). The summed E-state index contributed by atoms with van der Waals surface area (Å²) in [6.45, 7) is 3.94. The van der Waals surface area contributed by atoms with Gasteiger partial charge in [-0.25, -0.2) is 4.98 Å². The fraction of sp³-hybridized carbons (Fsp3) is 0.235. The summed E-state index contributed by atoms with van der Waals surface area (Å²) in [6, 6.07) is 10.7. The molecule has 0 saturated heterocycles. The number of fused-ring (bicyclic) bond motifs is 1. The van der Waals surface area contributed by atoms with E-state index in [2.05, 4.69) is 9.97 Å². The Balaban J connectivity index is 1.86. The van der Waals surface area contributed by atoms with Crippen LogP contribution in [0.3, 0.4) is 0 Å². The minimum Gasteiger partial charge on any atom is -0.435 e. The molecular weight excluding hydrogens is 280 g/mol. The van der Waals surface area contributed by atoms with E-state index in [-0.39, 0.29) is 11.9 Å². The quantitative estimate of drug-likeness (QED) is 0.540. The average Bonchev–Trinajstić information content (AvgIpc) is 2.90. The van der Waals surface area contributed by atoms with Crippen LogP contribution in [0.5, 0.6) is 5.75 Å². The summed E-state index contributed by atoms with van der Waals surface area (Å²) >= 11 is 0. The second-order valence-electron chi connectivity index (χ2n) is 5.44. The molecule has 0 bridgehead atoms. The fourth-order valence-corrected chi connectivity index (χ4v) is 2.07. The van der Waals surface area contributed by atoms with Crippen molar-refractivity contribution in [2.24, 2.45) is 5.92 Å². The number of ether oxygens (including phenoxy) is 1. The van der Waals surface area contributed by atoms with Gasteiger partial charge in [-0.05, 0) is 30.2 Å². The molecule has 5 nitrogen and oxygen atoms in total. The molecule has 0 aliphatic heterocycles. The number of benzene rings is 1. The van der Waals surface area contributed by atoms with Gasteiger partial charge in [-0.2, -0.15) is 0 Å². The van der Waals surface area contributed by atoms with Crippen molar-refractivity contribution in [1.82, 2.24) is 9.97 Å². The van der Waals surface area contributed by atoms with Gasteiger partial charge >= 0.3 is 5.97 Å². The van der Waals surface area contributed by atoms with Crippen LogP contribution in [-0.4, -0.2) is 15.9 Å². The van der Waals surface area contributed by atoms with E-state index < -0.39 is 0 Å². The maximum absolute atomic E-state index is 11.7. The third-order valence-corrected chi connectivity index (χ3v) is 3.05. The highest BCUT2D eigenvalue weighted by atomic mass is 16.5. The molecular formula is C17H16N2O3. The Morgan fingerprint density at radius 2 is 2.14 bits per heavy atom. The molecule has 0 fully saturated rings. The van der Waals surface area contributed by atoms with Crippen molar-refractivity contribution in [1.29, 1.82) is 0 Å². The van der Waals surface area contributed by atoms with Crippen molar-refractivity contribution in [3.05, 3.63) is 42.6 Å². The molecule has 0 aliphatic rings. The number of nitrogens with zero attached hydrogens (tertiary/aromatic N) is 2. The maximum Gasteiger partial charge on any atom is 0.311 e. The predicted octanol–water partition coefficient (Wildman–Crippen LogP) is 3.84. The standard InChI is InChI=1S/C17H16N2O3/c1-11(2)9-16(20)21-12-6-7-13-15(10-12)22-17(19-13)14-5-3-4-8-18-14/h3-8,10-11H,9H2,1-2H3. The van der Waals surface area contributed by atoms with Crippen molar-refractivity contribution in [2.75, 3.05) is 0 Å². The van der Waals surface area contributed by atoms with Crippen molar-refractivity contribution < 1.29 is 13.9 Å². The third kappa shape index (κ3) is 3.14. The molecule has 0 atom stereocenters. The molecule has 2 heterocycles. The Morgan fingerprint density at radius 3 is 2.86 bits per heavy atom. The molecule has 0 amide bonds. The van der Waals surface area contributed by atoms with Crippen molar-refractivity contribution >= 4 is 17.1 Å². The topological polar surface area (TPSA) is 65.2 Å². The van der Waals surface area contributed by atoms with Crippen LogP contribution in [-0.2, 0) is 4.79 Å². The average molecular weight is 296 g/mol. The van der Waals surface area contributed by atoms with E-state index in [1.807, 2.05) is 32.0 Å². The molecule has 0 radical (unpaired) electrons. The number of hydrogen-bond donors (Lipinski definition) is 0. The summed E-state index contributed by atoms with van der Waals surface area (Å²) in [5.41, 5.74) is 1.93. The Bertz CT molecular complexity index is 794. The smallest absolute Gasteiger partial charge is 0.311 e. The van der Waals surface area contributed by atoms with Gasteiger partial charge in [0, 0.05) is 18.7 Å². The van der Waals surface area contributed by atoms with Crippen molar-refractivity contribution in [3.8, 4) is 17.3 Å². The largest absolute Gasteiger partial charge is 0.435 e. The van der Waals surface area contributed by atoms with Crippen LogP contribution in [0.4, 0.5) is 0 Å². The van der Waals surface area contributed by atoms with Crippen LogP contribution in [0, 0.1) is 5.92 Å². The van der Waals surface area contributed by atoms with E-state index in [4.69, 9.17) is 9.15 Å². The lowest BCUT2D eigenvalue weighted by Crippen LogP contribution is -2.10. The van der Waals surface area contributed by atoms with Gasteiger partial charge in [0.05, 0.1) is 0 Å². The Kier molecular flexibility index (Phi) is 3.87. The Morgan fingerprint density at radius 1 is 1.27 bits per heavy atom. The summed E-state index contributed by atoms with van der Waals surface area (Å²) < 4.78 is 11.0. The number of esters is 1. The summed E-state index contributed by atoms with van der Waals surface area (Å²) in [5, 5.41) is 0. The molecule has 22 heavy (non-hydrogen) atoms. The minimum absolute atomic E-state index is 0.251. The number of carbonyl (C=O) groups is 1. The number of pyridine rings is 1. The molecule has 0 unspecified atom stereocenters. The summed E-state index contributed by atoms with van der Waals surface area (Å²) in [5.74, 6) is 0.916. The number of rotatable bonds is 4. The van der Waals surface area contributed by atoms with Crippen LogP contribution in [0.15, 0.2) is 47.0 Å². The Labute approximate surface area is 128 Å². The van der Waals surface area contributed by atoms with Gasteiger partial charge in [0.25, 0.3) is 0 Å². The predicted molar refractivity (Wildman–Crippen MR) is 82.3 cm³/mol. The van der Waals surface area contributed by atoms with E-state index in [1.54, 1.807) is 24.4 Å². The first-order valence-electron chi connectivity index (χ1n) is 7.14. The summed E-state index contributed by atoms with van der Waals surface area (Å²) in [6.07, 6.45) is 2.07.